The molecule has 142 valence electrons. The molecular weight excluding hydrogens is 344 g/mol. The van der Waals surface area contributed by atoms with Gasteiger partial charge in [0, 0.05) is 19.5 Å². The zero-order chi connectivity index (χ0) is 19.1. The van der Waals surface area contributed by atoms with Crippen molar-refractivity contribution in [2.45, 2.75) is 19.8 Å². The van der Waals surface area contributed by atoms with Gasteiger partial charge in [0.15, 0.2) is 6.61 Å². The van der Waals surface area contributed by atoms with Crippen LogP contribution in [0.1, 0.15) is 18.4 Å². The molecule has 0 saturated carbocycles. The number of hydrogen-bond acceptors (Lipinski definition) is 4. The maximum atomic E-state index is 12.1. The van der Waals surface area contributed by atoms with Gasteiger partial charge in [-0.3, -0.25) is 9.59 Å². The Morgan fingerprint density at radius 1 is 1.22 bits per heavy atom. The Morgan fingerprint density at radius 2 is 2.07 bits per heavy atom. The van der Waals surface area contributed by atoms with Crippen LogP contribution in [0.15, 0.2) is 48.5 Å². The highest BCUT2D eigenvalue weighted by Crippen LogP contribution is 2.31. The summed E-state index contributed by atoms with van der Waals surface area (Å²) in [4.78, 5) is 25.8. The lowest BCUT2D eigenvalue weighted by atomic mass is 10.2. The summed E-state index contributed by atoms with van der Waals surface area (Å²) in [5, 5.41) is 2.87. The van der Waals surface area contributed by atoms with E-state index in [1.807, 2.05) is 55.5 Å². The van der Waals surface area contributed by atoms with Gasteiger partial charge < -0.3 is 19.7 Å². The Kier molecular flexibility index (Phi) is 6.30. The molecule has 27 heavy (non-hydrogen) atoms. The first-order valence-electron chi connectivity index (χ1n) is 9.12. The van der Waals surface area contributed by atoms with E-state index in [1.165, 1.54) is 0 Å². The molecule has 1 heterocycles. The van der Waals surface area contributed by atoms with Crippen molar-refractivity contribution in [3.8, 4) is 11.5 Å². The number of carbonyl (C=O) groups is 2. The van der Waals surface area contributed by atoms with Gasteiger partial charge >= 0.3 is 0 Å². The third-order valence-corrected chi connectivity index (χ3v) is 4.27. The number of anilines is 1. The molecule has 1 aliphatic heterocycles. The average molecular weight is 368 g/mol. The van der Waals surface area contributed by atoms with Crippen molar-refractivity contribution in [1.82, 2.24) is 5.32 Å². The third kappa shape index (κ3) is 5.23. The van der Waals surface area contributed by atoms with Crippen LogP contribution in [0.3, 0.4) is 0 Å². The molecule has 6 nitrogen and oxygen atoms in total. The summed E-state index contributed by atoms with van der Waals surface area (Å²) in [6.07, 6.45) is 0.970. The molecule has 1 N–H and O–H groups in total. The van der Waals surface area contributed by atoms with Gasteiger partial charge in [0.1, 0.15) is 11.5 Å². The van der Waals surface area contributed by atoms with E-state index in [4.69, 9.17) is 9.47 Å². The molecule has 0 spiro atoms. The van der Waals surface area contributed by atoms with Gasteiger partial charge in [-0.15, -0.1) is 0 Å². The zero-order valence-corrected chi connectivity index (χ0v) is 15.4. The van der Waals surface area contributed by atoms with Crippen LogP contribution in [0.4, 0.5) is 5.69 Å². The van der Waals surface area contributed by atoms with E-state index in [9.17, 15) is 9.59 Å². The minimum Gasteiger partial charge on any atom is -0.494 e. The predicted octanol–water partition coefficient (Wildman–Crippen LogP) is 2.70. The number of fused-ring (bicyclic) bond motifs is 1. The van der Waals surface area contributed by atoms with E-state index in [2.05, 4.69) is 5.32 Å². The fourth-order valence-corrected chi connectivity index (χ4v) is 2.90. The van der Waals surface area contributed by atoms with Crippen molar-refractivity contribution >= 4 is 17.5 Å². The number of aryl methyl sites for hydroxylation is 1. The highest BCUT2D eigenvalue weighted by molar-refractivity contribution is 5.98. The van der Waals surface area contributed by atoms with Crippen LogP contribution in [-0.2, 0) is 9.59 Å². The molecule has 0 fully saturated rings. The molecule has 2 amide bonds. The second-order valence-corrected chi connectivity index (χ2v) is 6.42. The van der Waals surface area contributed by atoms with E-state index in [-0.39, 0.29) is 24.8 Å². The average Bonchev–Trinajstić information content (AvgIpc) is 2.67. The molecule has 0 atom stereocenters. The SMILES string of the molecule is Cc1cccc(OCCCNC(=O)CCN2C(=O)COc3ccccc32)c1. The number of carbonyl (C=O) groups excluding carboxylic acids is 2. The first-order chi connectivity index (χ1) is 13.1. The van der Waals surface area contributed by atoms with Crippen LogP contribution in [0, 0.1) is 6.92 Å². The number of hydrogen-bond donors (Lipinski definition) is 1. The van der Waals surface area contributed by atoms with Crippen LogP contribution in [-0.4, -0.2) is 38.1 Å². The van der Waals surface area contributed by atoms with Crippen molar-refractivity contribution in [2.75, 3.05) is 31.2 Å². The Balaban J connectivity index is 1.37. The largest absolute Gasteiger partial charge is 0.494 e. The van der Waals surface area contributed by atoms with Crippen molar-refractivity contribution in [3.05, 3.63) is 54.1 Å². The van der Waals surface area contributed by atoms with Gasteiger partial charge in [-0.05, 0) is 43.2 Å². The first kappa shape index (κ1) is 18.8. The Bertz CT molecular complexity index is 806. The van der Waals surface area contributed by atoms with Crippen molar-refractivity contribution < 1.29 is 19.1 Å². The number of nitrogens with one attached hydrogen (secondary N) is 1. The number of para-hydroxylation sites is 2. The number of amides is 2. The lowest BCUT2D eigenvalue weighted by molar-refractivity contribution is -0.122. The molecule has 0 saturated heterocycles. The lowest BCUT2D eigenvalue weighted by Crippen LogP contribution is -2.41. The van der Waals surface area contributed by atoms with Crippen molar-refractivity contribution in [3.63, 3.8) is 0 Å². The van der Waals surface area contributed by atoms with Crippen molar-refractivity contribution in [1.29, 1.82) is 0 Å². The molecule has 2 aromatic carbocycles. The minimum atomic E-state index is -0.131. The molecule has 0 bridgehead atoms. The van der Waals surface area contributed by atoms with E-state index < -0.39 is 0 Å². The molecule has 6 heteroatoms. The van der Waals surface area contributed by atoms with Gasteiger partial charge in [0.2, 0.25) is 5.91 Å². The molecule has 0 unspecified atom stereocenters. The molecular formula is C21H24N2O4. The third-order valence-electron chi connectivity index (χ3n) is 4.27. The fourth-order valence-electron chi connectivity index (χ4n) is 2.90. The monoisotopic (exact) mass is 368 g/mol. The number of benzene rings is 2. The van der Waals surface area contributed by atoms with E-state index in [0.717, 1.165) is 17.7 Å². The highest BCUT2D eigenvalue weighted by Gasteiger charge is 2.25. The fraction of sp³-hybridized carbons (Fsp3) is 0.333. The summed E-state index contributed by atoms with van der Waals surface area (Å²) < 4.78 is 11.1. The van der Waals surface area contributed by atoms with Crippen molar-refractivity contribution in [2.24, 2.45) is 0 Å². The van der Waals surface area contributed by atoms with Gasteiger partial charge in [-0.2, -0.15) is 0 Å². The number of nitrogens with zero attached hydrogens (tertiary/aromatic N) is 1. The maximum absolute atomic E-state index is 12.1. The second-order valence-electron chi connectivity index (χ2n) is 6.42. The normalized spacial score (nSPS) is 12.9. The van der Waals surface area contributed by atoms with Gasteiger partial charge in [-0.1, -0.05) is 24.3 Å². The summed E-state index contributed by atoms with van der Waals surface area (Å²) in [6.45, 7) is 3.45. The smallest absolute Gasteiger partial charge is 0.265 e. The van der Waals surface area contributed by atoms with Crippen LogP contribution >= 0.6 is 0 Å². The van der Waals surface area contributed by atoms with Crippen LogP contribution in [0.2, 0.25) is 0 Å². The summed E-state index contributed by atoms with van der Waals surface area (Å²) in [5.74, 6) is 1.30. The van der Waals surface area contributed by atoms with Gasteiger partial charge in [0.05, 0.1) is 12.3 Å². The summed E-state index contributed by atoms with van der Waals surface area (Å²) in [5.41, 5.74) is 1.87. The van der Waals surface area contributed by atoms with Crippen LogP contribution in [0.5, 0.6) is 11.5 Å². The quantitative estimate of drug-likeness (QED) is 0.728. The summed E-state index contributed by atoms with van der Waals surface area (Å²) in [6, 6.07) is 15.2. The maximum Gasteiger partial charge on any atom is 0.265 e. The zero-order valence-electron chi connectivity index (χ0n) is 15.4. The predicted molar refractivity (Wildman–Crippen MR) is 103 cm³/mol. The van der Waals surface area contributed by atoms with E-state index in [0.29, 0.717) is 31.1 Å². The Hall–Kier alpha value is -3.02. The van der Waals surface area contributed by atoms with Crippen LogP contribution < -0.4 is 19.7 Å². The second kappa shape index (κ2) is 9.07. The molecule has 0 radical (unpaired) electrons. The van der Waals surface area contributed by atoms with E-state index in [1.54, 1.807) is 4.90 Å². The first-order valence-corrected chi connectivity index (χ1v) is 9.12. The summed E-state index contributed by atoms with van der Waals surface area (Å²) >= 11 is 0. The van der Waals surface area contributed by atoms with Gasteiger partial charge in [0.25, 0.3) is 5.91 Å². The minimum absolute atomic E-state index is 0.00886. The molecule has 1 aliphatic rings. The molecule has 0 aromatic heterocycles. The standard InChI is InChI=1S/C21H24N2O4/c1-16-6-4-7-17(14-16)26-13-5-11-22-20(24)10-12-23-18-8-2-3-9-19(18)27-15-21(23)25/h2-4,6-9,14H,5,10-13,15H2,1H3,(H,22,24). The number of ether oxygens (including phenoxy) is 2. The van der Waals surface area contributed by atoms with E-state index >= 15 is 0 Å². The summed E-state index contributed by atoms with van der Waals surface area (Å²) in [7, 11) is 0. The molecule has 0 aliphatic carbocycles. The highest BCUT2D eigenvalue weighted by atomic mass is 16.5. The van der Waals surface area contributed by atoms with Gasteiger partial charge in [-0.25, -0.2) is 0 Å². The Labute approximate surface area is 159 Å². The molecule has 2 aromatic rings. The molecule has 3 rings (SSSR count). The van der Waals surface area contributed by atoms with Crippen LogP contribution in [0.25, 0.3) is 0 Å². The lowest BCUT2D eigenvalue weighted by Gasteiger charge is -2.29. The Morgan fingerprint density at radius 3 is 2.93 bits per heavy atom. The topological polar surface area (TPSA) is 67.9 Å². The number of rotatable bonds is 8.